The van der Waals surface area contributed by atoms with Crippen LogP contribution in [-0.2, 0) is 4.74 Å². The fourth-order valence-electron chi connectivity index (χ4n) is 6.50. The second-order valence-corrected chi connectivity index (χ2v) is 9.96. The van der Waals surface area contributed by atoms with Gasteiger partial charge in [0.15, 0.2) is 5.82 Å². The number of H-pyrrole nitrogens is 1. The summed E-state index contributed by atoms with van der Waals surface area (Å²) in [5.41, 5.74) is 0.560. The molecule has 5 fully saturated rings. The number of morpholine rings is 1. The molecule has 9 nitrogen and oxygen atoms in total. The summed E-state index contributed by atoms with van der Waals surface area (Å²) in [6, 6.07) is 4.28. The highest BCUT2D eigenvalue weighted by atomic mass is 16.5. The Morgan fingerprint density at radius 1 is 1.10 bits per heavy atom. The molecule has 1 aliphatic heterocycles. The number of nitrogens with one attached hydrogen (secondary N) is 3. The quantitative estimate of drug-likeness (QED) is 0.578. The summed E-state index contributed by atoms with van der Waals surface area (Å²) in [6.07, 6.45) is 5.21. The van der Waals surface area contributed by atoms with Gasteiger partial charge in [-0.15, -0.1) is 0 Å². The van der Waals surface area contributed by atoms with Crippen LogP contribution in [0.3, 0.4) is 0 Å². The second-order valence-electron chi connectivity index (χ2n) is 9.96. The lowest BCUT2D eigenvalue weighted by molar-refractivity contribution is -0.129. The van der Waals surface area contributed by atoms with Crippen molar-refractivity contribution in [3.63, 3.8) is 0 Å². The third-order valence-electron chi connectivity index (χ3n) is 7.55. The summed E-state index contributed by atoms with van der Waals surface area (Å²) in [7, 11) is 0. The first-order valence-corrected chi connectivity index (χ1v) is 11.5. The largest absolute Gasteiger partial charge is 0.390 e. The predicted octanol–water partition coefficient (Wildman–Crippen LogP) is 2.44. The van der Waals surface area contributed by atoms with Gasteiger partial charge in [-0.3, -0.25) is 5.10 Å². The molecule has 0 spiro atoms. The van der Waals surface area contributed by atoms with Gasteiger partial charge in [0.25, 0.3) is 0 Å². The molecule has 2 atom stereocenters. The Balaban J connectivity index is 1.28. The monoisotopic (exact) mass is 425 g/mol. The lowest BCUT2D eigenvalue weighted by Gasteiger charge is -2.58. The van der Waals surface area contributed by atoms with Gasteiger partial charge in [-0.25, -0.2) is 0 Å². The zero-order valence-corrected chi connectivity index (χ0v) is 18.0. The van der Waals surface area contributed by atoms with E-state index in [1.165, 1.54) is 12.8 Å². The van der Waals surface area contributed by atoms with Gasteiger partial charge >= 0.3 is 0 Å². The summed E-state index contributed by atoms with van der Waals surface area (Å²) in [6.45, 7) is 5.04. The molecule has 4 saturated carbocycles. The maximum atomic E-state index is 10.9. The molecule has 2 aromatic rings. The van der Waals surface area contributed by atoms with Crippen LogP contribution < -0.4 is 15.5 Å². The molecule has 7 rings (SSSR count). The number of hydrogen-bond acceptors (Lipinski definition) is 8. The summed E-state index contributed by atoms with van der Waals surface area (Å²) in [5, 5.41) is 25.2. The van der Waals surface area contributed by atoms with Crippen molar-refractivity contribution in [2.24, 2.45) is 17.8 Å². The molecule has 5 aliphatic rings. The number of rotatable bonds is 5. The van der Waals surface area contributed by atoms with E-state index in [2.05, 4.69) is 25.7 Å². The van der Waals surface area contributed by atoms with Crippen LogP contribution in [0.15, 0.2) is 12.1 Å². The van der Waals surface area contributed by atoms with E-state index in [0.29, 0.717) is 43.0 Å². The number of aromatic nitrogens is 4. The van der Waals surface area contributed by atoms with Crippen LogP contribution in [0.5, 0.6) is 0 Å². The van der Waals surface area contributed by atoms with Crippen molar-refractivity contribution >= 4 is 23.4 Å². The smallest absolute Gasteiger partial charge is 0.226 e. The number of aryl methyl sites for hydroxylation is 1. The standard InChI is InChI=1S/C22H31N7O2/c1-13-6-18(28-27-13)23-17-9-19(29-2-4-31-5-3-29)25-21(24-17)26-20-15-7-14-8-16(20)12-22(30,10-14)11-15/h6,9,14-16,20,30H,2-5,7-8,10-12H2,1H3,(H3,23,24,25,26,27,28). The summed E-state index contributed by atoms with van der Waals surface area (Å²) < 4.78 is 5.52. The second kappa shape index (κ2) is 7.34. The van der Waals surface area contributed by atoms with Crippen LogP contribution in [0.4, 0.5) is 23.4 Å². The fraction of sp³-hybridized carbons (Fsp3) is 0.682. The topological polar surface area (TPSA) is 111 Å². The number of aromatic amines is 1. The Kier molecular flexibility index (Phi) is 4.57. The van der Waals surface area contributed by atoms with Crippen molar-refractivity contribution in [1.29, 1.82) is 0 Å². The van der Waals surface area contributed by atoms with Gasteiger partial charge in [-0.05, 0) is 56.8 Å². The average Bonchev–Trinajstić information content (AvgIpc) is 3.14. The van der Waals surface area contributed by atoms with E-state index < -0.39 is 5.60 Å². The number of nitrogens with zero attached hydrogens (tertiary/aromatic N) is 4. The predicted molar refractivity (Wildman–Crippen MR) is 118 cm³/mol. The molecule has 9 heteroatoms. The summed E-state index contributed by atoms with van der Waals surface area (Å²) in [5.74, 6) is 4.71. The van der Waals surface area contributed by atoms with Crippen LogP contribution in [0, 0.1) is 24.7 Å². The first kappa shape index (κ1) is 19.3. The van der Waals surface area contributed by atoms with Crippen molar-refractivity contribution in [2.75, 3.05) is 41.8 Å². The number of aliphatic hydroxyl groups is 1. The van der Waals surface area contributed by atoms with Crippen LogP contribution in [-0.4, -0.2) is 63.2 Å². The molecule has 4 aliphatic carbocycles. The third kappa shape index (κ3) is 3.74. The lowest BCUT2D eigenvalue weighted by atomic mass is 9.52. The molecular formula is C22H31N7O2. The zero-order valence-electron chi connectivity index (χ0n) is 18.0. The Bertz CT molecular complexity index is 941. The number of ether oxygens (including phenoxy) is 1. The van der Waals surface area contributed by atoms with E-state index in [9.17, 15) is 5.11 Å². The van der Waals surface area contributed by atoms with E-state index in [4.69, 9.17) is 14.7 Å². The molecule has 4 N–H and O–H groups in total. The van der Waals surface area contributed by atoms with Crippen molar-refractivity contribution in [1.82, 2.24) is 20.2 Å². The Labute approximate surface area is 182 Å². The van der Waals surface area contributed by atoms with Crippen molar-refractivity contribution in [3.05, 3.63) is 17.8 Å². The van der Waals surface area contributed by atoms with Gasteiger partial charge in [0.1, 0.15) is 11.6 Å². The lowest BCUT2D eigenvalue weighted by Crippen LogP contribution is -2.59. The van der Waals surface area contributed by atoms with E-state index in [1.54, 1.807) is 0 Å². The van der Waals surface area contributed by atoms with Gasteiger partial charge in [-0.1, -0.05) is 0 Å². The third-order valence-corrected chi connectivity index (χ3v) is 7.55. The zero-order chi connectivity index (χ0) is 21.0. The molecule has 0 amide bonds. The average molecular weight is 426 g/mol. The molecule has 166 valence electrons. The number of hydrogen-bond donors (Lipinski definition) is 4. The van der Waals surface area contributed by atoms with E-state index >= 15 is 0 Å². The molecule has 0 radical (unpaired) electrons. The minimum atomic E-state index is -0.435. The fourth-order valence-corrected chi connectivity index (χ4v) is 6.50. The summed E-state index contributed by atoms with van der Waals surface area (Å²) >= 11 is 0. The van der Waals surface area contributed by atoms with Gasteiger partial charge in [0.05, 0.1) is 18.8 Å². The van der Waals surface area contributed by atoms with Crippen molar-refractivity contribution < 1.29 is 9.84 Å². The van der Waals surface area contributed by atoms with Crippen LogP contribution in [0.25, 0.3) is 0 Å². The molecule has 31 heavy (non-hydrogen) atoms. The molecule has 0 aromatic carbocycles. The Hall–Kier alpha value is -2.39. The Morgan fingerprint density at radius 2 is 1.87 bits per heavy atom. The highest BCUT2D eigenvalue weighted by molar-refractivity contribution is 5.60. The minimum absolute atomic E-state index is 0.331. The molecule has 4 bridgehead atoms. The SMILES string of the molecule is Cc1cc(Nc2cc(N3CCOCC3)nc(NC3C4CC5CC3CC(O)(C5)C4)n2)n[nH]1. The first-order chi connectivity index (χ1) is 15.0. The van der Waals surface area contributed by atoms with E-state index in [1.807, 2.05) is 19.1 Å². The maximum Gasteiger partial charge on any atom is 0.226 e. The van der Waals surface area contributed by atoms with Gasteiger partial charge < -0.3 is 25.4 Å². The van der Waals surface area contributed by atoms with Gasteiger partial charge in [-0.2, -0.15) is 15.1 Å². The molecule has 2 unspecified atom stereocenters. The molecule has 1 saturated heterocycles. The Morgan fingerprint density at radius 3 is 2.55 bits per heavy atom. The van der Waals surface area contributed by atoms with Crippen molar-refractivity contribution in [2.45, 2.75) is 50.7 Å². The van der Waals surface area contributed by atoms with Crippen LogP contribution in [0.1, 0.15) is 37.8 Å². The van der Waals surface area contributed by atoms with Gasteiger partial charge in [0.2, 0.25) is 5.95 Å². The maximum absolute atomic E-state index is 10.9. The first-order valence-electron chi connectivity index (χ1n) is 11.5. The van der Waals surface area contributed by atoms with Gasteiger partial charge in [0, 0.05) is 37.0 Å². The van der Waals surface area contributed by atoms with Crippen LogP contribution >= 0.6 is 0 Å². The molecule has 3 heterocycles. The molecule has 2 aromatic heterocycles. The highest BCUT2D eigenvalue weighted by Crippen LogP contribution is 2.56. The van der Waals surface area contributed by atoms with Crippen LogP contribution in [0.2, 0.25) is 0 Å². The summed E-state index contributed by atoms with van der Waals surface area (Å²) in [4.78, 5) is 11.9. The highest BCUT2D eigenvalue weighted by Gasteiger charge is 2.54. The number of anilines is 4. The van der Waals surface area contributed by atoms with E-state index in [-0.39, 0.29) is 0 Å². The minimum Gasteiger partial charge on any atom is -0.390 e. The van der Waals surface area contributed by atoms with E-state index in [0.717, 1.165) is 55.5 Å². The normalized spacial score (nSPS) is 34.2. The molecular weight excluding hydrogens is 394 g/mol. The van der Waals surface area contributed by atoms with Crippen molar-refractivity contribution in [3.8, 4) is 0 Å².